The Morgan fingerprint density at radius 3 is 2.31 bits per heavy atom. The molecular weight excluding hydrogens is 222 g/mol. The second-order valence-corrected chi connectivity index (χ2v) is 4.30. The standard InChI is InChI=1S/C12H20ClN3/c1-5-7-8-16(6-2)12-11(13)14-9(3)10(4)15-12/h5-8H2,1-4H3. The van der Waals surface area contributed by atoms with E-state index in [-0.39, 0.29) is 0 Å². The summed E-state index contributed by atoms with van der Waals surface area (Å²) >= 11 is 6.14. The van der Waals surface area contributed by atoms with Gasteiger partial charge in [-0.05, 0) is 27.2 Å². The summed E-state index contributed by atoms with van der Waals surface area (Å²) in [7, 11) is 0. The fraction of sp³-hybridized carbons (Fsp3) is 0.667. The Morgan fingerprint density at radius 2 is 1.75 bits per heavy atom. The normalized spacial score (nSPS) is 10.6. The summed E-state index contributed by atoms with van der Waals surface area (Å²) in [5, 5.41) is 0.515. The summed E-state index contributed by atoms with van der Waals surface area (Å²) in [6, 6.07) is 0. The average Bonchev–Trinajstić information content (AvgIpc) is 2.26. The molecule has 0 amide bonds. The van der Waals surface area contributed by atoms with Gasteiger partial charge >= 0.3 is 0 Å². The Labute approximate surface area is 103 Å². The lowest BCUT2D eigenvalue weighted by Gasteiger charge is -2.22. The molecule has 0 aliphatic carbocycles. The van der Waals surface area contributed by atoms with E-state index >= 15 is 0 Å². The van der Waals surface area contributed by atoms with E-state index in [4.69, 9.17) is 11.6 Å². The number of aromatic nitrogens is 2. The summed E-state index contributed by atoms with van der Waals surface area (Å²) in [4.78, 5) is 11.0. The van der Waals surface area contributed by atoms with E-state index in [9.17, 15) is 0 Å². The third-order valence-electron chi connectivity index (χ3n) is 2.71. The van der Waals surface area contributed by atoms with Gasteiger partial charge in [0.1, 0.15) is 0 Å². The van der Waals surface area contributed by atoms with Crippen LogP contribution >= 0.6 is 11.6 Å². The first kappa shape index (κ1) is 13.2. The summed E-state index contributed by atoms with van der Waals surface area (Å²) in [6.45, 7) is 10.1. The van der Waals surface area contributed by atoms with Gasteiger partial charge in [0.05, 0.1) is 11.4 Å². The first-order valence-corrected chi connectivity index (χ1v) is 6.23. The summed E-state index contributed by atoms with van der Waals surface area (Å²) in [6.07, 6.45) is 2.32. The Hall–Kier alpha value is -0.830. The fourth-order valence-corrected chi connectivity index (χ4v) is 1.82. The average molecular weight is 242 g/mol. The van der Waals surface area contributed by atoms with E-state index in [1.165, 1.54) is 6.42 Å². The molecule has 0 N–H and O–H groups in total. The van der Waals surface area contributed by atoms with Crippen LogP contribution in [0.2, 0.25) is 5.15 Å². The van der Waals surface area contributed by atoms with Crippen LogP contribution in [0.15, 0.2) is 0 Å². The highest BCUT2D eigenvalue weighted by molar-refractivity contribution is 6.31. The summed E-state index contributed by atoms with van der Waals surface area (Å²) in [5.74, 6) is 0.820. The Balaban J connectivity index is 2.95. The first-order chi connectivity index (χ1) is 7.60. The zero-order valence-electron chi connectivity index (χ0n) is 10.5. The van der Waals surface area contributed by atoms with E-state index in [1.807, 2.05) is 13.8 Å². The van der Waals surface area contributed by atoms with Gasteiger partial charge in [-0.15, -0.1) is 0 Å². The van der Waals surface area contributed by atoms with Crippen LogP contribution in [0, 0.1) is 13.8 Å². The van der Waals surface area contributed by atoms with Gasteiger partial charge in [-0.1, -0.05) is 24.9 Å². The lowest BCUT2D eigenvalue weighted by atomic mass is 10.3. The van der Waals surface area contributed by atoms with E-state index in [2.05, 4.69) is 28.7 Å². The lowest BCUT2D eigenvalue weighted by Crippen LogP contribution is -2.26. The van der Waals surface area contributed by atoms with Crippen molar-refractivity contribution >= 4 is 17.4 Å². The molecule has 0 saturated carbocycles. The maximum Gasteiger partial charge on any atom is 0.171 e. The molecule has 4 heteroatoms. The fourth-order valence-electron chi connectivity index (χ4n) is 1.53. The molecule has 0 radical (unpaired) electrons. The Kier molecular flexibility index (Phi) is 5.00. The van der Waals surface area contributed by atoms with Crippen molar-refractivity contribution in [2.24, 2.45) is 0 Å². The van der Waals surface area contributed by atoms with E-state index in [0.717, 1.165) is 36.7 Å². The minimum Gasteiger partial charge on any atom is -0.354 e. The van der Waals surface area contributed by atoms with Crippen molar-refractivity contribution in [1.82, 2.24) is 9.97 Å². The predicted molar refractivity (Wildman–Crippen MR) is 69.3 cm³/mol. The van der Waals surface area contributed by atoms with Crippen LogP contribution in [0.3, 0.4) is 0 Å². The molecule has 16 heavy (non-hydrogen) atoms. The van der Waals surface area contributed by atoms with E-state index in [0.29, 0.717) is 5.15 Å². The van der Waals surface area contributed by atoms with Crippen molar-refractivity contribution < 1.29 is 0 Å². The van der Waals surface area contributed by atoms with Crippen LogP contribution in [0.4, 0.5) is 5.82 Å². The molecule has 0 spiro atoms. The van der Waals surface area contributed by atoms with Gasteiger partial charge < -0.3 is 4.90 Å². The maximum absolute atomic E-state index is 6.14. The number of rotatable bonds is 5. The van der Waals surface area contributed by atoms with Crippen LogP contribution in [-0.2, 0) is 0 Å². The lowest BCUT2D eigenvalue weighted by molar-refractivity contribution is 0.720. The third kappa shape index (κ3) is 3.08. The molecule has 1 aromatic heterocycles. The van der Waals surface area contributed by atoms with Gasteiger partial charge in [0.15, 0.2) is 11.0 Å². The largest absolute Gasteiger partial charge is 0.354 e. The molecular formula is C12H20ClN3. The highest BCUT2D eigenvalue weighted by Gasteiger charge is 2.12. The number of nitrogens with zero attached hydrogens (tertiary/aromatic N) is 3. The molecule has 0 saturated heterocycles. The minimum absolute atomic E-state index is 0.515. The van der Waals surface area contributed by atoms with Crippen molar-refractivity contribution in [1.29, 1.82) is 0 Å². The molecule has 1 aromatic rings. The third-order valence-corrected chi connectivity index (χ3v) is 2.96. The zero-order chi connectivity index (χ0) is 12.1. The number of halogens is 1. The Morgan fingerprint density at radius 1 is 1.12 bits per heavy atom. The van der Waals surface area contributed by atoms with Crippen LogP contribution in [0.25, 0.3) is 0 Å². The molecule has 3 nitrogen and oxygen atoms in total. The van der Waals surface area contributed by atoms with Crippen molar-refractivity contribution in [2.75, 3.05) is 18.0 Å². The van der Waals surface area contributed by atoms with Crippen molar-refractivity contribution in [3.8, 4) is 0 Å². The van der Waals surface area contributed by atoms with Gasteiger partial charge in [-0.25, -0.2) is 9.97 Å². The van der Waals surface area contributed by atoms with Crippen LogP contribution in [0.5, 0.6) is 0 Å². The highest BCUT2D eigenvalue weighted by Crippen LogP contribution is 2.22. The van der Waals surface area contributed by atoms with Crippen LogP contribution in [-0.4, -0.2) is 23.1 Å². The number of unbranched alkanes of at least 4 members (excludes halogenated alkanes) is 1. The SMILES string of the molecule is CCCCN(CC)c1nc(C)c(C)nc1Cl. The molecule has 90 valence electrons. The van der Waals surface area contributed by atoms with Gasteiger partial charge in [-0.2, -0.15) is 0 Å². The molecule has 0 aliphatic rings. The minimum atomic E-state index is 0.515. The molecule has 0 aromatic carbocycles. The van der Waals surface area contributed by atoms with Crippen molar-refractivity contribution in [3.05, 3.63) is 16.5 Å². The number of aryl methyl sites for hydroxylation is 2. The van der Waals surface area contributed by atoms with Crippen LogP contribution < -0.4 is 4.90 Å². The van der Waals surface area contributed by atoms with Gasteiger partial charge in [0.2, 0.25) is 0 Å². The molecule has 0 atom stereocenters. The van der Waals surface area contributed by atoms with Gasteiger partial charge in [0, 0.05) is 13.1 Å². The molecule has 1 rings (SSSR count). The smallest absolute Gasteiger partial charge is 0.171 e. The van der Waals surface area contributed by atoms with E-state index < -0.39 is 0 Å². The van der Waals surface area contributed by atoms with Crippen molar-refractivity contribution in [2.45, 2.75) is 40.5 Å². The highest BCUT2D eigenvalue weighted by atomic mass is 35.5. The van der Waals surface area contributed by atoms with Crippen LogP contribution in [0.1, 0.15) is 38.1 Å². The Bertz CT molecular complexity index is 352. The molecule has 0 aliphatic heterocycles. The monoisotopic (exact) mass is 241 g/mol. The van der Waals surface area contributed by atoms with Crippen molar-refractivity contribution in [3.63, 3.8) is 0 Å². The number of anilines is 1. The van der Waals surface area contributed by atoms with E-state index in [1.54, 1.807) is 0 Å². The molecule has 0 bridgehead atoms. The molecule has 0 fully saturated rings. The summed E-state index contributed by atoms with van der Waals surface area (Å²) in [5.41, 5.74) is 1.86. The quantitative estimate of drug-likeness (QED) is 0.792. The second kappa shape index (κ2) is 6.04. The maximum atomic E-state index is 6.14. The molecule has 0 unspecified atom stereocenters. The number of hydrogen-bond donors (Lipinski definition) is 0. The predicted octanol–water partition coefficient (Wildman–Crippen LogP) is 3.37. The first-order valence-electron chi connectivity index (χ1n) is 5.85. The number of hydrogen-bond acceptors (Lipinski definition) is 3. The topological polar surface area (TPSA) is 29.0 Å². The van der Waals surface area contributed by atoms with Gasteiger partial charge in [0.25, 0.3) is 0 Å². The molecule has 1 heterocycles. The zero-order valence-corrected chi connectivity index (χ0v) is 11.3. The van der Waals surface area contributed by atoms with Gasteiger partial charge in [-0.3, -0.25) is 0 Å². The second-order valence-electron chi connectivity index (χ2n) is 3.94. The summed E-state index contributed by atoms with van der Waals surface area (Å²) < 4.78 is 0.